The van der Waals surface area contributed by atoms with Crippen LogP contribution in [0.3, 0.4) is 0 Å². The number of rotatable bonds is 6. The summed E-state index contributed by atoms with van der Waals surface area (Å²) in [6.45, 7) is 5.83. The summed E-state index contributed by atoms with van der Waals surface area (Å²) >= 11 is 0. The van der Waals surface area contributed by atoms with Crippen molar-refractivity contribution in [3.05, 3.63) is 12.2 Å². The molecule has 0 saturated carbocycles. The van der Waals surface area contributed by atoms with E-state index in [0.717, 1.165) is 25.2 Å². The van der Waals surface area contributed by atoms with E-state index in [0.29, 0.717) is 6.54 Å². The van der Waals surface area contributed by atoms with Crippen LogP contribution in [0.4, 0.5) is 0 Å². The molecule has 16 heavy (non-hydrogen) atoms. The molecule has 0 aliphatic rings. The fourth-order valence-corrected chi connectivity index (χ4v) is 2.08. The first-order valence-corrected chi connectivity index (χ1v) is 5.83. The number of hydrogen-bond acceptors (Lipinski definition) is 4. The predicted molar refractivity (Wildman–Crippen MR) is 64.8 cm³/mol. The minimum absolute atomic E-state index is 0.0753. The zero-order chi connectivity index (χ0) is 12.2. The summed E-state index contributed by atoms with van der Waals surface area (Å²) in [7, 11) is 4.02. The van der Waals surface area contributed by atoms with Gasteiger partial charge in [-0.25, -0.2) is 4.98 Å². The lowest BCUT2D eigenvalue weighted by Gasteiger charge is -2.39. The average Bonchev–Trinajstić information content (AvgIpc) is 2.68. The first-order valence-electron chi connectivity index (χ1n) is 5.83. The lowest BCUT2D eigenvalue weighted by Crippen LogP contribution is -2.51. The minimum atomic E-state index is 0.0753. The summed E-state index contributed by atoms with van der Waals surface area (Å²) in [5.41, 5.74) is 5.99. The average molecular weight is 225 g/mol. The Morgan fingerprint density at radius 3 is 2.44 bits per heavy atom. The number of hydrogen-bond donors (Lipinski definition) is 1. The van der Waals surface area contributed by atoms with E-state index < -0.39 is 0 Å². The molecule has 0 saturated heterocycles. The second-order valence-electron chi connectivity index (χ2n) is 4.29. The van der Waals surface area contributed by atoms with Crippen molar-refractivity contribution in [3.8, 4) is 0 Å². The van der Waals surface area contributed by atoms with Crippen molar-refractivity contribution in [3.63, 3.8) is 0 Å². The first-order chi connectivity index (χ1) is 7.59. The Labute approximate surface area is 97.6 Å². The topological polar surface area (TPSA) is 60.0 Å². The molecule has 1 heterocycles. The highest BCUT2D eigenvalue weighted by atomic mass is 15.3. The third kappa shape index (κ3) is 2.41. The molecule has 0 unspecified atom stereocenters. The quantitative estimate of drug-likeness (QED) is 0.776. The maximum Gasteiger partial charge on any atom is 0.140 e. The number of nitrogens with zero attached hydrogens (tertiary/aromatic N) is 4. The zero-order valence-electron chi connectivity index (χ0n) is 10.8. The summed E-state index contributed by atoms with van der Waals surface area (Å²) in [5.74, 6) is 0.974. The van der Waals surface area contributed by atoms with Crippen LogP contribution in [-0.4, -0.2) is 38.8 Å². The molecular formula is C11H23N5. The third-order valence-corrected chi connectivity index (χ3v) is 3.69. The van der Waals surface area contributed by atoms with E-state index >= 15 is 0 Å². The molecule has 1 aromatic rings. The van der Waals surface area contributed by atoms with Gasteiger partial charge in [0.1, 0.15) is 12.2 Å². The van der Waals surface area contributed by atoms with Gasteiger partial charge in [0.15, 0.2) is 0 Å². The normalized spacial score (nSPS) is 12.4. The van der Waals surface area contributed by atoms with Crippen LogP contribution in [0.25, 0.3) is 0 Å². The van der Waals surface area contributed by atoms with Crippen LogP contribution in [-0.2, 0) is 13.6 Å². The van der Waals surface area contributed by atoms with Crippen LogP contribution in [0.5, 0.6) is 0 Å². The Kier molecular flexibility index (Phi) is 4.44. The molecule has 0 fully saturated rings. The van der Waals surface area contributed by atoms with Gasteiger partial charge in [-0.05, 0) is 19.9 Å². The van der Waals surface area contributed by atoms with Gasteiger partial charge in [-0.15, -0.1) is 0 Å². The molecule has 0 spiro atoms. The predicted octanol–water partition coefficient (Wildman–Crippen LogP) is 0.764. The van der Waals surface area contributed by atoms with Crippen molar-refractivity contribution in [2.24, 2.45) is 12.8 Å². The van der Waals surface area contributed by atoms with E-state index in [1.54, 1.807) is 6.33 Å². The van der Waals surface area contributed by atoms with Crippen molar-refractivity contribution in [2.45, 2.75) is 38.8 Å². The SMILES string of the molecule is CCC(CC)(CN)N(C)Cc1ncnn1C. The molecule has 1 aromatic heterocycles. The van der Waals surface area contributed by atoms with Crippen LogP contribution in [0.15, 0.2) is 6.33 Å². The van der Waals surface area contributed by atoms with E-state index in [9.17, 15) is 0 Å². The van der Waals surface area contributed by atoms with Crippen LogP contribution in [0.1, 0.15) is 32.5 Å². The molecule has 0 atom stereocenters. The largest absolute Gasteiger partial charge is 0.329 e. The molecule has 0 aliphatic heterocycles. The van der Waals surface area contributed by atoms with Crippen molar-refractivity contribution < 1.29 is 0 Å². The van der Waals surface area contributed by atoms with Crippen LogP contribution in [0, 0.1) is 0 Å². The van der Waals surface area contributed by atoms with Gasteiger partial charge in [0.2, 0.25) is 0 Å². The fourth-order valence-electron chi connectivity index (χ4n) is 2.08. The Balaban J connectivity index is 2.77. The third-order valence-electron chi connectivity index (χ3n) is 3.69. The Hall–Kier alpha value is -0.940. The van der Waals surface area contributed by atoms with E-state index in [1.807, 2.05) is 11.7 Å². The maximum atomic E-state index is 5.91. The fraction of sp³-hybridized carbons (Fsp3) is 0.818. The second kappa shape index (κ2) is 5.41. The van der Waals surface area contributed by atoms with Gasteiger partial charge in [-0.3, -0.25) is 9.58 Å². The van der Waals surface area contributed by atoms with Gasteiger partial charge in [0, 0.05) is 19.1 Å². The van der Waals surface area contributed by atoms with Crippen molar-refractivity contribution in [1.82, 2.24) is 19.7 Å². The number of likely N-dealkylation sites (N-methyl/N-ethyl adjacent to an activating group) is 1. The molecule has 0 radical (unpaired) electrons. The smallest absolute Gasteiger partial charge is 0.140 e. The highest BCUT2D eigenvalue weighted by molar-refractivity contribution is 4.92. The second-order valence-corrected chi connectivity index (χ2v) is 4.29. The number of nitrogens with two attached hydrogens (primary N) is 1. The maximum absolute atomic E-state index is 5.91. The molecular weight excluding hydrogens is 202 g/mol. The molecule has 5 nitrogen and oxygen atoms in total. The van der Waals surface area contributed by atoms with Crippen molar-refractivity contribution in [2.75, 3.05) is 13.6 Å². The van der Waals surface area contributed by atoms with Crippen LogP contribution in [0.2, 0.25) is 0 Å². The lowest BCUT2D eigenvalue weighted by molar-refractivity contribution is 0.104. The molecule has 0 aromatic carbocycles. The lowest BCUT2D eigenvalue weighted by atomic mass is 9.91. The standard InChI is InChI=1S/C11H23N5/c1-5-11(6-2,8-12)15(3)7-10-13-9-14-16(10)4/h9H,5-8,12H2,1-4H3. The van der Waals surface area contributed by atoms with Gasteiger partial charge in [-0.1, -0.05) is 13.8 Å². The van der Waals surface area contributed by atoms with E-state index in [-0.39, 0.29) is 5.54 Å². The first kappa shape index (κ1) is 13.1. The molecule has 0 aliphatic carbocycles. The van der Waals surface area contributed by atoms with Crippen molar-refractivity contribution >= 4 is 0 Å². The molecule has 1 rings (SSSR count). The molecule has 5 heteroatoms. The van der Waals surface area contributed by atoms with Crippen LogP contribution < -0.4 is 5.73 Å². The minimum Gasteiger partial charge on any atom is -0.329 e. The van der Waals surface area contributed by atoms with Gasteiger partial charge >= 0.3 is 0 Å². The Bertz CT molecular complexity index is 308. The Morgan fingerprint density at radius 2 is 2.06 bits per heavy atom. The number of aryl methyl sites for hydroxylation is 1. The van der Waals surface area contributed by atoms with Gasteiger partial charge in [0.05, 0.1) is 6.54 Å². The van der Waals surface area contributed by atoms with E-state index in [4.69, 9.17) is 5.73 Å². The van der Waals surface area contributed by atoms with Gasteiger partial charge < -0.3 is 5.73 Å². The summed E-state index contributed by atoms with van der Waals surface area (Å²) in [4.78, 5) is 6.53. The summed E-state index contributed by atoms with van der Waals surface area (Å²) in [6.07, 6.45) is 3.69. The van der Waals surface area contributed by atoms with Crippen molar-refractivity contribution in [1.29, 1.82) is 0 Å². The molecule has 0 bridgehead atoms. The van der Waals surface area contributed by atoms with E-state index in [2.05, 4.69) is 35.9 Å². The van der Waals surface area contributed by atoms with Crippen LogP contribution >= 0.6 is 0 Å². The zero-order valence-corrected chi connectivity index (χ0v) is 10.8. The highest BCUT2D eigenvalue weighted by Gasteiger charge is 2.29. The number of aromatic nitrogens is 3. The van der Waals surface area contributed by atoms with E-state index in [1.165, 1.54) is 0 Å². The van der Waals surface area contributed by atoms with Gasteiger partial charge in [0.25, 0.3) is 0 Å². The monoisotopic (exact) mass is 225 g/mol. The van der Waals surface area contributed by atoms with Gasteiger partial charge in [-0.2, -0.15) is 5.10 Å². The molecule has 0 amide bonds. The molecule has 2 N–H and O–H groups in total. The summed E-state index contributed by atoms with van der Waals surface area (Å²) < 4.78 is 1.81. The summed E-state index contributed by atoms with van der Waals surface area (Å²) in [6, 6.07) is 0. The Morgan fingerprint density at radius 1 is 1.44 bits per heavy atom. The molecule has 92 valence electrons. The highest BCUT2D eigenvalue weighted by Crippen LogP contribution is 2.22. The summed E-state index contributed by atoms with van der Waals surface area (Å²) in [5, 5.41) is 4.08.